The molecule has 1 heterocycles. The first kappa shape index (κ1) is 16.2. The fourth-order valence-electron chi connectivity index (χ4n) is 3.02. The minimum atomic E-state index is -3.01. The van der Waals surface area contributed by atoms with Crippen LogP contribution in [0.15, 0.2) is 0 Å². The first-order valence-electron chi connectivity index (χ1n) is 7.84. The van der Waals surface area contributed by atoms with Gasteiger partial charge in [-0.1, -0.05) is 0 Å². The summed E-state index contributed by atoms with van der Waals surface area (Å²) in [6, 6.07) is 0. The Balaban J connectivity index is 1.95. The predicted molar refractivity (Wildman–Crippen MR) is 83.7 cm³/mol. The first-order chi connectivity index (χ1) is 9.14. The van der Waals surface area contributed by atoms with Crippen LogP contribution in [-0.2, 0) is 9.84 Å². The molecule has 2 rings (SSSR count). The van der Waals surface area contributed by atoms with Crippen LogP contribution in [0.4, 0.5) is 0 Å². The van der Waals surface area contributed by atoms with E-state index in [1.54, 1.807) is 20.8 Å². The average molecular weight is 302 g/mol. The Kier molecular flexibility index (Phi) is 4.53. The van der Waals surface area contributed by atoms with Gasteiger partial charge in [0.1, 0.15) is 0 Å². The molecule has 1 aliphatic heterocycles. The summed E-state index contributed by atoms with van der Waals surface area (Å²) in [5.74, 6) is 1.05. The molecule has 1 saturated heterocycles. The smallest absolute Gasteiger partial charge is 0.156 e. The number of rotatable bonds is 4. The van der Waals surface area contributed by atoms with Crippen molar-refractivity contribution in [3.05, 3.63) is 0 Å². The van der Waals surface area contributed by atoms with Crippen molar-refractivity contribution in [1.82, 2.24) is 10.2 Å². The van der Waals surface area contributed by atoms with Crippen LogP contribution in [0, 0.1) is 5.92 Å². The Morgan fingerprint density at radius 2 is 1.95 bits per heavy atom. The highest BCUT2D eigenvalue weighted by Gasteiger charge is 2.43. The monoisotopic (exact) mass is 302 g/mol. The molecule has 0 aromatic heterocycles. The third-order valence-electron chi connectivity index (χ3n) is 4.82. The van der Waals surface area contributed by atoms with Crippen LogP contribution >= 0.6 is 0 Å². The van der Waals surface area contributed by atoms with Crippen LogP contribution in [0.2, 0.25) is 0 Å². The molecule has 5 heteroatoms. The van der Waals surface area contributed by atoms with E-state index in [1.165, 1.54) is 12.8 Å². The lowest BCUT2D eigenvalue weighted by Crippen LogP contribution is -2.51. The summed E-state index contributed by atoms with van der Waals surface area (Å²) in [6.45, 7) is 11.4. The molecule has 0 radical (unpaired) electrons. The van der Waals surface area contributed by atoms with Gasteiger partial charge in [0.2, 0.25) is 0 Å². The second kappa shape index (κ2) is 5.58. The standard InChI is InChI=1S/C15H30N2O2S/c1-14(2,3)20(18,19)11-10-17-9-5-8-16-15(4,12-17)13-6-7-13/h13,16H,5-12H2,1-4H3. The molecule has 1 atom stereocenters. The molecule has 118 valence electrons. The molecule has 1 unspecified atom stereocenters. The van der Waals surface area contributed by atoms with Crippen molar-refractivity contribution < 1.29 is 8.42 Å². The number of nitrogens with one attached hydrogen (secondary N) is 1. The summed E-state index contributed by atoms with van der Waals surface area (Å²) in [5, 5.41) is 3.69. The third-order valence-corrected chi connectivity index (χ3v) is 7.41. The largest absolute Gasteiger partial charge is 0.310 e. The Morgan fingerprint density at radius 3 is 2.50 bits per heavy atom. The molecule has 1 saturated carbocycles. The Labute approximate surface area is 124 Å². The van der Waals surface area contributed by atoms with Gasteiger partial charge >= 0.3 is 0 Å². The van der Waals surface area contributed by atoms with Crippen LogP contribution in [-0.4, -0.2) is 55.5 Å². The molecular weight excluding hydrogens is 272 g/mol. The van der Waals surface area contributed by atoms with Gasteiger partial charge in [0, 0.05) is 18.6 Å². The van der Waals surface area contributed by atoms with E-state index in [4.69, 9.17) is 0 Å². The van der Waals surface area contributed by atoms with Gasteiger partial charge in [0.25, 0.3) is 0 Å². The van der Waals surface area contributed by atoms with E-state index < -0.39 is 14.6 Å². The van der Waals surface area contributed by atoms with Gasteiger partial charge in [-0.05, 0) is 66.0 Å². The molecule has 1 aliphatic carbocycles. The second-order valence-electron chi connectivity index (χ2n) is 7.68. The maximum Gasteiger partial charge on any atom is 0.156 e. The SMILES string of the molecule is CC1(C2CC2)CN(CCS(=O)(=O)C(C)(C)C)CCCN1. The minimum Gasteiger partial charge on any atom is -0.310 e. The highest BCUT2D eigenvalue weighted by Crippen LogP contribution is 2.40. The van der Waals surface area contributed by atoms with E-state index in [0.717, 1.165) is 32.0 Å². The van der Waals surface area contributed by atoms with E-state index in [2.05, 4.69) is 17.1 Å². The van der Waals surface area contributed by atoms with Crippen molar-refractivity contribution >= 4 is 9.84 Å². The van der Waals surface area contributed by atoms with Crippen LogP contribution in [0.1, 0.15) is 47.0 Å². The van der Waals surface area contributed by atoms with Gasteiger partial charge in [-0.25, -0.2) is 8.42 Å². The van der Waals surface area contributed by atoms with Gasteiger partial charge in [-0.2, -0.15) is 0 Å². The summed E-state index contributed by atoms with van der Waals surface area (Å²) in [5.41, 5.74) is 0.183. The van der Waals surface area contributed by atoms with Crippen molar-refractivity contribution in [3.63, 3.8) is 0 Å². The lowest BCUT2D eigenvalue weighted by molar-refractivity contribution is 0.209. The minimum absolute atomic E-state index is 0.183. The molecule has 20 heavy (non-hydrogen) atoms. The van der Waals surface area contributed by atoms with Crippen molar-refractivity contribution in [3.8, 4) is 0 Å². The second-order valence-corrected chi connectivity index (χ2v) is 10.5. The van der Waals surface area contributed by atoms with Gasteiger partial charge in [0.15, 0.2) is 9.84 Å². The zero-order valence-electron chi connectivity index (χ0n) is 13.4. The van der Waals surface area contributed by atoms with E-state index in [0.29, 0.717) is 6.54 Å². The number of hydrogen-bond acceptors (Lipinski definition) is 4. The van der Waals surface area contributed by atoms with Gasteiger partial charge < -0.3 is 10.2 Å². The number of hydrogen-bond donors (Lipinski definition) is 1. The molecule has 2 fully saturated rings. The molecule has 0 bridgehead atoms. The average Bonchev–Trinajstić information content (AvgIpc) is 3.12. The zero-order chi connectivity index (χ0) is 15.0. The van der Waals surface area contributed by atoms with E-state index in [9.17, 15) is 8.42 Å². The topological polar surface area (TPSA) is 49.4 Å². The molecule has 0 spiro atoms. The third kappa shape index (κ3) is 3.74. The Morgan fingerprint density at radius 1 is 1.30 bits per heavy atom. The van der Waals surface area contributed by atoms with Crippen molar-refractivity contribution in [2.75, 3.05) is 31.9 Å². The van der Waals surface area contributed by atoms with Crippen molar-refractivity contribution in [2.24, 2.45) is 5.92 Å². The lowest BCUT2D eigenvalue weighted by atomic mass is 9.95. The highest BCUT2D eigenvalue weighted by atomic mass is 32.2. The van der Waals surface area contributed by atoms with E-state index in [-0.39, 0.29) is 11.3 Å². The Bertz CT molecular complexity index is 437. The molecule has 0 aromatic carbocycles. The molecule has 4 nitrogen and oxygen atoms in total. The molecule has 1 N–H and O–H groups in total. The summed E-state index contributed by atoms with van der Waals surface area (Å²) in [6.07, 6.45) is 3.74. The molecule has 0 amide bonds. The fourth-order valence-corrected chi connectivity index (χ4v) is 4.13. The first-order valence-corrected chi connectivity index (χ1v) is 9.49. The summed E-state index contributed by atoms with van der Waals surface area (Å²) in [4.78, 5) is 2.35. The maximum absolute atomic E-state index is 12.2. The highest BCUT2D eigenvalue weighted by molar-refractivity contribution is 7.92. The van der Waals surface area contributed by atoms with Gasteiger partial charge in [0.05, 0.1) is 10.5 Å². The summed E-state index contributed by atoms with van der Waals surface area (Å²) in [7, 11) is -3.01. The zero-order valence-corrected chi connectivity index (χ0v) is 14.2. The van der Waals surface area contributed by atoms with Crippen LogP contribution in [0.25, 0.3) is 0 Å². The van der Waals surface area contributed by atoms with Crippen LogP contribution in [0.3, 0.4) is 0 Å². The molecule has 2 aliphatic rings. The normalized spacial score (nSPS) is 30.2. The van der Waals surface area contributed by atoms with Crippen LogP contribution < -0.4 is 5.32 Å². The quantitative estimate of drug-likeness (QED) is 0.858. The number of sulfone groups is 1. The van der Waals surface area contributed by atoms with Gasteiger partial charge in [-0.3, -0.25) is 0 Å². The lowest BCUT2D eigenvalue weighted by Gasteiger charge is -2.34. The number of nitrogens with zero attached hydrogens (tertiary/aromatic N) is 1. The summed E-state index contributed by atoms with van der Waals surface area (Å²) < 4.78 is 23.8. The molecular formula is C15H30N2O2S. The van der Waals surface area contributed by atoms with Crippen molar-refractivity contribution in [2.45, 2.75) is 57.2 Å². The van der Waals surface area contributed by atoms with Crippen molar-refractivity contribution in [1.29, 1.82) is 0 Å². The Hall–Kier alpha value is -0.130. The van der Waals surface area contributed by atoms with Crippen LogP contribution in [0.5, 0.6) is 0 Å². The van der Waals surface area contributed by atoms with Gasteiger partial charge in [-0.15, -0.1) is 0 Å². The van der Waals surface area contributed by atoms with E-state index in [1.807, 2.05) is 0 Å². The maximum atomic E-state index is 12.2. The van der Waals surface area contributed by atoms with E-state index >= 15 is 0 Å². The predicted octanol–water partition coefficient (Wildman–Crippen LogP) is 1.66. The molecule has 0 aromatic rings. The summed E-state index contributed by atoms with van der Waals surface area (Å²) >= 11 is 0. The fraction of sp³-hybridized carbons (Fsp3) is 1.00.